The van der Waals surface area contributed by atoms with E-state index in [2.05, 4.69) is 29.6 Å². The molecule has 3 heteroatoms. The Balaban J connectivity index is 1.45. The number of aliphatic hydroxyl groups excluding tert-OH is 1. The highest BCUT2D eigenvalue weighted by atomic mass is 16.3. The monoisotopic (exact) mass is 341 g/mol. The summed E-state index contributed by atoms with van der Waals surface area (Å²) in [6, 6.07) is 10.5. The lowest BCUT2D eigenvalue weighted by atomic mass is 9.68. The molecule has 3 aliphatic carbocycles. The number of benzene rings is 1. The molecule has 3 fully saturated rings. The lowest BCUT2D eigenvalue weighted by molar-refractivity contribution is -0.134. The van der Waals surface area contributed by atoms with Crippen molar-refractivity contribution < 1.29 is 9.90 Å². The molecule has 25 heavy (non-hydrogen) atoms. The SMILES string of the molecule is O=C(NCC1CCCC(O)C1)C1(Cc2ccccc2)CC2CCC1C2. The van der Waals surface area contributed by atoms with Crippen LogP contribution in [0.1, 0.15) is 56.9 Å². The van der Waals surface area contributed by atoms with Crippen LogP contribution < -0.4 is 5.32 Å². The normalized spacial score (nSPS) is 37.2. The molecule has 0 spiro atoms. The average Bonchev–Trinajstić information content (AvgIpc) is 3.22. The second kappa shape index (κ2) is 7.11. The Morgan fingerprint density at radius 1 is 1.12 bits per heavy atom. The molecule has 5 atom stereocenters. The fourth-order valence-electron chi connectivity index (χ4n) is 5.84. The number of rotatable bonds is 5. The molecular weight excluding hydrogens is 310 g/mol. The molecule has 3 saturated carbocycles. The molecule has 0 aromatic heterocycles. The van der Waals surface area contributed by atoms with Crippen LogP contribution in [0, 0.1) is 23.2 Å². The van der Waals surface area contributed by atoms with Gasteiger partial charge >= 0.3 is 0 Å². The standard InChI is InChI=1S/C22H31NO2/c24-20-8-4-7-18(12-20)15-23-21(25)22(13-16-5-2-1-3-6-16)14-17-9-10-19(22)11-17/h1-3,5-6,17-20,24H,4,7-15H2,(H,23,25). The Morgan fingerprint density at radius 2 is 1.96 bits per heavy atom. The minimum Gasteiger partial charge on any atom is -0.393 e. The Morgan fingerprint density at radius 3 is 2.64 bits per heavy atom. The molecule has 0 radical (unpaired) electrons. The summed E-state index contributed by atoms with van der Waals surface area (Å²) in [7, 11) is 0. The molecule has 1 aromatic rings. The van der Waals surface area contributed by atoms with E-state index in [9.17, 15) is 9.90 Å². The lowest BCUT2D eigenvalue weighted by Crippen LogP contribution is -2.47. The van der Waals surface area contributed by atoms with Gasteiger partial charge in [-0.2, -0.15) is 0 Å². The Labute approximate surface area is 151 Å². The molecule has 1 amide bonds. The minimum atomic E-state index is -0.197. The first-order valence-corrected chi connectivity index (χ1v) is 10.2. The third-order valence-electron chi connectivity index (χ3n) is 7.10. The summed E-state index contributed by atoms with van der Waals surface area (Å²) in [5, 5.41) is 13.2. The van der Waals surface area contributed by atoms with Crippen LogP contribution in [0.25, 0.3) is 0 Å². The van der Waals surface area contributed by atoms with Crippen LogP contribution in [0.4, 0.5) is 0 Å². The van der Waals surface area contributed by atoms with Crippen molar-refractivity contribution in [3.8, 4) is 0 Å². The van der Waals surface area contributed by atoms with Crippen molar-refractivity contribution in [2.45, 2.75) is 63.9 Å². The van der Waals surface area contributed by atoms with E-state index in [-0.39, 0.29) is 17.4 Å². The van der Waals surface area contributed by atoms with Gasteiger partial charge in [0, 0.05) is 6.54 Å². The van der Waals surface area contributed by atoms with Gasteiger partial charge in [0.2, 0.25) is 5.91 Å². The van der Waals surface area contributed by atoms with Crippen LogP contribution in [0.2, 0.25) is 0 Å². The van der Waals surface area contributed by atoms with Crippen LogP contribution in [-0.2, 0) is 11.2 Å². The molecule has 0 saturated heterocycles. The molecule has 1 aromatic carbocycles. The lowest BCUT2D eigenvalue weighted by Gasteiger charge is -2.37. The predicted octanol–water partition coefficient (Wildman–Crippen LogP) is 3.70. The highest BCUT2D eigenvalue weighted by molar-refractivity contribution is 5.84. The van der Waals surface area contributed by atoms with E-state index in [1.807, 2.05) is 6.07 Å². The second-order valence-electron chi connectivity index (χ2n) is 8.80. The maximum atomic E-state index is 13.3. The Kier molecular flexibility index (Phi) is 4.86. The molecule has 3 nitrogen and oxygen atoms in total. The van der Waals surface area contributed by atoms with E-state index in [4.69, 9.17) is 0 Å². The number of carbonyl (C=O) groups excluding carboxylic acids is 1. The molecule has 136 valence electrons. The van der Waals surface area contributed by atoms with Crippen molar-refractivity contribution in [2.24, 2.45) is 23.2 Å². The number of fused-ring (bicyclic) bond motifs is 2. The van der Waals surface area contributed by atoms with Crippen molar-refractivity contribution in [3.63, 3.8) is 0 Å². The van der Waals surface area contributed by atoms with Gasteiger partial charge in [0.1, 0.15) is 0 Å². The molecule has 4 rings (SSSR count). The summed E-state index contributed by atoms with van der Waals surface area (Å²) in [5.41, 5.74) is 1.09. The fourth-order valence-corrected chi connectivity index (χ4v) is 5.84. The number of hydrogen-bond acceptors (Lipinski definition) is 2. The largest absolute Gasteiger partial charge is 0.393 e. The topological polar surface area (TPSA) is 49.3 Å². The second-order valence-corrected chi connectivity index (χ2v) is 8.80. The van der Waals surface area contributed by atoms with Gasteiger partial charge in [0.25, 0.3) is 0 Å². The highest BCUT2D eigenvalue weighted by Crippen LogP contribution is 2.57. The maximum Gasteiger partial charge on any atom is 0.226 e. The van der Waals surface area contributed by atoms with Gasteiger partial charge in [-0.1, -0.05) is 43.2 Å². The first kappa shape index (κ1) is 17.1. The highest BCUT2D eigenvalue weighted by Gasteiger charge is 2.55. The number of hydrogen-bond donors (Lipinski definition) is 2. The third-order valence-corrected chi connectivity index (χ3v) is 7.10. The third kappa shape index (κ3) is 3.48. The molecular formula is C22H31NO2. The zero-order valence-corrected chi connectivity index (χ0v) is 15.1. The van der Waals surface area contributed by atoms with Gasteiger partial charge in [-0.25, -0.2) is 0 Å². The molecule has 5 unspecified atom stereocenters. The molecule has 0 heterocycles. The number of amides is 1. The Bertz CT molecular complexity index is 601. The van der Waals surface area contributed by atoms with Gasteiger partial charge in [0.15, 0.2) is 0 Å². The molecule has 3 aliphatic rings. The number of aliphatic hydroxyl groups is 1. The van der Waals surface area contributed by atoms with Gasteiger partial charge in [-0.05, 0) is 68.3 Å². The van der Waals surface area contributed by atoms with Crippen LogP contribution in [0.5, 0.6) is 0 Å². The molecule has 0 aliphatic heterocycles. The van der Waals surface area contributed by atoms with Crippen molar-refractivity contribution >= 4 is 5.91 Å². The van der Waals surface area contributed by atoms with Crippen molar-refractivity contribution in [3.05, 3.63) is 35.9 Å². The van der Waals surface area contributed by atoms with E-state index in [1.54, 1.807) is 0 Å². The van der Waals surface area contributed by atoms with Crippen molar-refractivity contribution in [2.75, 3.05) is 6.54 Å². The van der Waals surface area contributed by atoms with Gasteiger partial charge in [-0.15, -0.1) is 0 Å². The van der Waals surface area contributed by atoms with E-state index >= 15 is 0 Å². The summed E-state index contributed by atoms with van der Waals surface area (Å²) >= 11 is 0. The van der Waals surface area contributed by atoms with Crippen LogP contribution in [0.15, 0.2) is 30.3 Å². The predicted molar refractivity (Wildman–Crippen MR) is 99.0 cm³/mol. The number of carbonyl (C=O) groups is 1. The summed E-state index contributed by atoms with van der Waals surface area (Å²) in [6.45, 7) is 0.740. The van der Waals surface area contributed by atoms with Crippen LogP contribution >= 0.6 is 0 Å². The van der Waals surface area contributed by atoms with E-state index in [1.165, 1.54) is 24.8 Å². The quantitative estimate of drug-likeness (QED) is 0.858. The van der Waals surface area contributed by atoms with Crippen LogP contribution in [-0.4, -0.2) is 23.7 Å². The summed E-state index contributed by atoms with van der Waals surface area (Å²) in [4.78, 5) is 13.3. The first-order chi connectivity index (χ1) is 12.2. The first-order valence-electron chi connectivity index (χ1n) is 10.2. The van der Waals surface area contributed by atoms with Crippen molar-refractivity contribution in [1.82, 2.24) is 5.32 Å². The summed E-state index contributed by atoms with van der Waals surface area (Å²) < 4.78 is 0. The van der Waals surface area contributed by atoms with Gasteiger partial charge in [0.05, 0.1) is 11.5 Å². The molecule has 2 N–H and O–H groups in total. The Hall–Kier alpha value is -1.35. The van der Waals surface area contributed by atoms with Crippen LogP contribution in [0.3, 0.4) is 0 Å². The summed E-state index contributed by atoms with van der Waals surface area (Å²) in [6.07, 6.45) is 9.52. The van der Waals surface area contributed by atoms with Gasteiger partial charge in [-0.3, -0.25) is 4.79 Å². The van der Waals surface area contributed by atoms with Crippen molar-refractivity contribution in [1.29, 1.82) is 0 Å². The summed E-state index contributed by atoms with van der Waals surface area (Å²) in [5.74, 6) is 2.02. The van der Waals surface area contributed by atoms with Gasteiger partial charge < -0.3 is 10.4 Å². The smallest absolute Gasteiger partial charge is 0.226 e. The van der Waals surface area contributed by atoms with E-state index in [0.29, 0.717) is 11.8 Å². The molecule has 2 bridgehead atoms. The number of nitrogens with one attached hydrogen (secondary N) is 1. The maximum absolute atomic E-state index is 13.3. The van der Waals surface area contributed by atoms with E-state index in [0.717, 1.165) is 51.0 Å². The zero-order chi connectivity index (χ0) is 17.3. The fraction of sp³-hybridized carbons (Fsp3) is 0.682. The zero-order valence-electron chi connectivity index (χ0n) is 15.1. The van der Waals surface area contributed by atoms with E-state index < -0.39 is 0 Å². The minimum absolute atomic E-state index is 0.170. The average molecular weight is 341 g/mol.